The largest absolute Gasteiger partial charge is 0.372 e. The average Bonchev–Trinajstić information content (AvgIpc) is 3.48. The van der Waals surface area contributed by atoms with E-state index in [1.165, 1.54) is 11.6 Å². The van der Waals surface area contributed by atoms with Gasteiger partial charge in [-0.2, -0.15) is 5.10 Å². The number of ketones is 1. The molecular weight excluding hydrogens is 580 g/mol. The van der Waals surface area contributed by atoms with E-state index in [0.717, 1.165) is 28.9 Å². The van der Waals surface area contributed by atoms with Crippen LogP contribution >= 0.6 is 0 Å². The Morgan fingerprint density at radius 3 is 2.59 bits per heavy atom. The number of nitrogens with zero attached hydrogens (tertiary/aromatic N) is 5. The number of amides is 1. The Labute approximate surface area is 257 Å². The van der Waals surface area contributed by atoms with Crippen LogP contribution in [0.2, 0.25) is 0 Å². The molecule has 6 rings (SSSR count). The molecule has 4 aromatic rings. The van der Waals surface area contributed by atoms with Gasteiger partial charge < -0.3 is 15.0 Å². The van der Waals surface area contributed by atoms with Gasteiger partial charge in [-0.15, -0.1) is 0 Å². The van der Waals surface area contributed by atoms with Crippen molar-refractivity contribution in [2.24, 2.45) is 7.05 Å². The van der Waals surface area contributed by atoms with Gasteiger partial charge in [-0.25, -0.2) is 18.4 Å². The predicted octanol–water partition coefficient (Wildman–Crippen LogP) is 4.15. The fourth-order valence-corrected chi connectivity index (χ4v) is 6.60. The molecule has 12 heteroatoms. The molecule has 0 unspecified atom stereocenters. The van der Waals surface area contributed by atoms with E-state index in [2.05, 4.69) is 45.5 Å². The summed E-state index contributed by atoms with van der Waals surface area (Å²) in [6, 6.07) is 14.5. The van der Waals surface area contributed by atoms with E-state index in [0.29, 0.717) is 31.0 Å². The Bertz CT molecular complexity index is 1780. The summed E-state index contributed by atoms with van der Waals surface area (Å²) in [4.78, 5) is 34.5. The lowest BCUT2D eigenvalue weighted by Crippen LogP contribution is -2.55. The third kappa shape index (κ3) is 7.37. The van der Waals surface area contributed by atoms with Gasteiger partial charge in [0.05, 0.1) is 34.7 Å². The second-order valence-electron chi connectivity index (χ2n) is 11.2. The normalized spacial score (nSPS) is 15.4. The van der Waals surface area contributed by atoms with E-state index < -0.39 is 9.84 Å². The molecule has 4 heterocycles. The minimum Gasteiger partial charge on any atom is -0.372 e. The molecule has 230 valence electrons. The summed E-state index contributed by atoms with van der Waals surface area (Å²) in [5, 5.41) is 7.32. The van der Waals surface area contributed by atoms with Gasteiger partial charge in [-0.1, -0.05) is 30.3 Å². The molecule has 1 fully saturated rings. The van der Waals surface area contributed by atoms with E-state index in [9.17, 15) is 18.0 Å². The fraction of sp³-hybridized carbons (Fsp3) is 0.344. The third-order valence-corrected chi connectivity index (χ3v) is 9.04. The number of likely N-dealkylation sites (tertiary alicyclic amines) is 1. The maximum absolute atomic E-state index is 12.5. The number of Topliss-reactive ketones (excluding diaryl/α,β-unsaturated/α-hetero) is 1. The number of carbonyl (C=O) groups is 2. The minimum atomic E-state index is -3.30. The molecule has 0 radical (unpaired) electrons. The molecule has 1 saturated heterocycles. The number of rotatable bonds is 8. The van der Waals surface area contributed by atoms with Gasteiger partial charge >= 0.3 is 0 Å². The zero-order valence-corrected chi connectivity index (χ0v) is 26.0. The van der Waals surface area contributed by atoms with E-state index in [1.807, 2.05) is 38.1 Å². The highest BCUT2D eigenvalue weighted by Gasteiger charge is 2.32. The summed E-state index contributed by atoms with van der Waals surface area (Å²) in [6.07, 6.45) is 6.98. The number of aryl methyl sites for hydroxylation is 3. The topological polar surface area (TPSA) is 136 Å². The Kier molecular flexibility index (Phi) is 9.21. The predicted molar refractivity (Wildman–Crippen MR) is 166 cm³/mol. The SMILES string of the molecule is Cc1cc(-c2ccnc(Nc3cnn(C)c3)n2)ccc1CCC(=O)N1CC(OC(C)C)C1.O=C1CS(=O)(=O)c2ccccc21. The summed E-state index contributed by atoms with van der Waals surface area (Å²) in [5.74, 6) is 0.0496. The van der Waals surface area contributed by atoms with Crippen LogP contribution in [0.1, 0.15) is 41.8 Å². The first kappa shape index (κ1) is 31.0. The van der Waals surface area contributed by atoms with Gasteiger partial charge in [0.15, 0.2) is 15.6 Å². The minimum absolute atomic E-state index is 0.176. The molecular formula is C32H36N6O5S. The Morgan fingerprint density at radius 1 is 1.14 bits per heavy atom. The van der Waals surface area contributed by atoms with Crippen molar-refractivity contribution in [1.29, 1.82) is 0 Å². The summed E-state index contributed by atoms with van der Waals surface area (Å²) >= 11 is 0. The number of hydrogen-bond acceptors (Lipinski definition) is 9. The van der Waals surface area contributed by atoms with Crippen molar-refractivity contribution < 1.29 is 22.7 Å². The number of hydrogen-bond donors (Lipinski definition) is 1. The highest BCUT2D eigenvalue weighted by Crippen LogP contribution is 2.25. The van der Waals surface area contributed by atoms with Crippen LogP contribution in [0.25, 0.3) is 11.3 Å². The van der Waals surface area contributed by atoms with Crippen LogP contribution in [0, 0.1) is 6.92 Å². The number of nitrogens with one attached hydrogen (secondary N) is 1. The highest BCUT2D eigenvalue weighted by molar-refractivity contribution is 7.92. The Hall–Kier alpha value is -4.42. The first-order chi connectivity index (χ1) is 21.0. The molecule has 2 aliphatic rings. The van der Waals surface area contributed by atoms with Gasteiger partial charge in [-0.3, -0.25) is 14.3 Å². The summed E-state index contributed by atoms with van der Waals surface area (Å²) in [7, 11) is -1.44. The number of sulfone groups is 1. The second kappa shape index (κ2) is 13.1. The maximum atomic E-state index is 12.5. The molecule has 0 bridgehead atoms. The quantitative estimate of drug-likeness (QED) is 0.310. The molecule has 1 amide bonds. The third-order valence-electron chi connectivity index (χ3n) is 7.37. The van der Waals surface area contributed by atoms with Crippen LogP contribution in [0.4, 0.5) is 11.6 Å². The van der Waals surface area contributed by atoms with Crippen molar-refractivity contribution in [3.05, 3.63) is 83.8 Å². The van der Waals surface area contributed by atoms with E-state index in [1.54, 1.807) is 35.3 Å². The molecule has 0 spiro atoms. The summed E-state index contributed by atoms with van der Waals surface area (Å²) in [5.41, 5.74) is 5.36. The number of aromatic nitrogens is 4. The summed E-state index contributed by atoms with van der Waals surface area (Å²) in [6.45, 7) is 7.54. The number of fused-ring (bicyclic) bond motifs is 1. The van der Waals surface area contributed by atoms with Crippen LogP contribution in [0.3, 0.4) is 0 Å². The lowest BCUT2D eigenvalue weighted by Gasteiger charge is -2.40. The second-order valence-corrected chi connectivity index (χ2v) is 13.2. The lowest BCUT2D eigenvalue weighted by atomic mass is 9.99. The molecule has 0 saturated carbocycles. The number of ether oxygens (including phenoxy) is 1. The van der Waals surface area contributed by atoms with Crippen molar-refractivity contribution in [1.82, 2.24) is 24.6 Å². The monoisotopic (exact) mass is 616 g/mol. The number of carbonyl (C=O) groups excluding carboxylic acids is 2. The first-order valence-electron chi connectivity index (χ1n) is 14.5. The van der Waals surface area contributed by atoms with E-state index in [-0.39, 0.29) is 34.5 Å². The van der Waals surface area contributed by atoms with Crippen molar-refractivity contribution in [2.45, 2.75) is 50.7 Å². The van der Waals surface area contributed by atoms with Crippen molar-refractivity contribution in [3.63, 3.8) is 0 Å². The zero-order valence-electron chi connectivity index (χ0n) is 25.2. The van der Waals surface area contributed by atoms with E-state index in [4.69, 9.17) is 4.74 Å². The Morgan fingerprint density at radius 2 is 1.91 bits per heavy atom. The Balaban J connectivity index is 0.000000266. The molecule has 0 atom stereocenters. The van der Waals surface area contributed by atoms with Gasteiger partial charge in [0.2, 0.25) is 11.9 Å². The van der Waals surface area contributed by atoms with Crippen LogP contribution in [-0.4, -0.2) is 75.8 Å². The smallest absolute Gasteiger partial charge is 0.227 e. The van der Waals surface area contributed by atoms with Gasteiger partial charge in [-0.05, 0) is 56.5 Å². The highest BCUT2D eigenvalue weighted by atomic mass is 32.2. The maximum Gasteiger partial charge on any atom is 0.227 e. The average molecular weight is 617 g/mol. The molecule has 0 aliphatic carbocycles. The number of benzene rings is 2. The van der Waals surface area contributed by atoms with Crippen molar-refractivity contribution >= 4 is 33.2 Å². The van der Waals surface area contributed by atoms with Gasteiger partial charge in [0.25, 0.3) is 0 Å². The van der Waals surface area contributed by atoms with Crippen LogP contribution < -0.4 is 5.32 Å². The number of anilines is 2. The molecule has 2 aromatic carbocycles. The first-order valence-corrected chi connectivity index (χ1v) is 16.1. The molecule has 2 aliphatic heterocycles. The fourth-order valence-electron chi connectivity index (χ4n) is 5.14. The van der Waals surface area contributed by atoms with Crippen molar-refractivity contribution in [2.75, 3.05) is 24.2 Å². The van der Waals surface area contributed by atoms with Crippen LogP contribution in [-0.2, 0) is 32.8 Å². The van der Waals surface area contributed by atoms with Crippen LogP contribution in [0.5, 0.6) is 0 Å². The lowest BCUT2D eigenvalue weighted by molar-refractivity contribution is -0.148. The zero-order chi connectivity index (χ0) is 31.4. The molecule has 2 aromatic heterocycles. The van der Waals surface area contributed by atoms with Gasteiger partial charge in [0, 0.05) is 50.1 Å². The molecule has 1 N–H and O–H groups in total. The van der Waals surface area contributed by atoms with Crippen molar-refractivity contribution in [3.8, 4) is 11.3 Å². The molecule has 44 heavy (non-hydrogen) atoms. The summed E-state index contributed by atoms with van der Waals surface area (Å²) < 4.78 is 29.9. The van der Waals surface area contributed by atoms with E-state index >= 15 is 0 Å². The van der Waals surface area contributed by atoms with Gasteiger partial charge in [0.1, 0.15) is 5.75 Å². The molecule has 11 nitrogen and oxygen atoms in total. The standard InChI is InChI=1S/C24H30N6O2.C8H6O3S/c1-16(2)32-21-14-30(15-21)23(31)8-7-18-5-6-19(11-17(18)3)22-9-10-25-24(28-22)27-20-12-26-29(4)13-20;9-7-5-12(10,11)8-4-2-1-3-6(7)8/h5-6,9-13,16,21H,7-8,14-15H2,1-4H3,(H,25,27,28);1-4H,5H2. The van der Waals surface area contributed by atoms with Crippen LogP contribution in [0.15, 0.2) is 72.0 Å².